The highest BCUT2D eigenvalue weighted by Gasteiger charge is 2.31. The van der Waals surface area contributed by atoms with Gasteiger partial charge in [0.05, 0.1) is 6.67 Å². The van der Waals surface area contributed by atoms with Crippen LogP contribution < -0.4 is 16.4 Å². The lowest BCUT2D eigenvalue weighted by Gasteiger charge is -2.17. The zero-order chi connectivity index (χ0) is 22.5. The summed E-state index contributed by atoms with van der Waals surface area (Å²) in [5.74, 6) is -0.610. The fraction of sp³-hybridized carbons (Fsp3) is 0.286. The van der Waals surface area contributed by atoms with Crippen molar-refractivity contribution in [3.63, 3.8) is 0 Å². The summed E-state index contributed by atoms with van der Waals surface area (Å²) in [4.78, 5) is 43.1. The van der Waals surface area contributed by atoms with E-state index in [9.17, 15) is 14.4 Å². The SMILES string of the molecule is C[C@H](Cc1ccccc1)NC(=O)Nc1cc(N)c(C(=N)C(=O)N2CC(=O)N(C)C2)cn1. The van der Waals surface area contributed by atoms with Gasteiger partial charge in [-0.05, 0) is 18.9 Å². The number of benzene rings is 1. The molecule has 1 atom stereocenters. The lowest BCUT2D eigenvalue weighted by molar-refractivity contribution is -0.127. The predicted octanol–water partition coefficient (Wildman–Crippen LogP) is 1.04. The van der Waals surface area contributed by atoms with E-state index in [-0.39, 0.29) is 47.9 Å². The molecule has 0 unspecified atom stereocenters. The molecule has 31 heavy (non-hydrogen) atoms. The molecule has 1 fully saturated rings. The van der Waals surface area contributed by atoms with E-state index in [1.807, 2.05) is 37.3 Å². The zero-order valence-electron chi connectivity index (χ0n) is 17.4. The molecule has 10 heteroatoms. The molecule has 0 saturated carbocycles. The van der Waals surface area contributed by atoms with E-state index in [1.165, 1.54) is 22.1 Å². The van der Waals surface area contributed by atoms with E-state index in [4.69, 9.17) is 11.1 Å². The summed E-state index contributed by atoms with van der Waals surface area (Å²) in [6.45, 7) is 1.94. The van der Waals surface area contributed by atoms with Crippen molar-refractivity contribution >= 4 is 35.1 Å². The number of nitrogen functional groups attached to an aromatic ring is 1. The van der Waals surface area contributed by atoms with Crippen molar-refractivity contribution in [3.8, 4) is 0 Å². The van der Waals surface area contributed by atoms with Crippen molar-refractivity contribution in [1.29, 1.82) is 5.41 Å². The second-order valence-electron chi connectivity index (χ2n) is 7.46. The average Bonchev–Trinajstić information content (AvgIpc) is 3.06. The average molecular weight is 423 g/mol. The van der Waals surface area contributed by atoms with Crippen LogP contribution in [0.1, 0.15) is 18.1 Å². The van der Waals surface area contributed by atoms with Crippen LogP contribution in [-0.2, 0) is 16.0 Å². The highest BCUT2D eigenvalue weighted by Crippen LogP contribution is 2.17. The van der Waals surface area contributed by atoms with Crippen LogP contribution in [0, 0.1) is 5.41 Å². The van der Waals surface area contributed by atoms with Crippen molar-refractivity contribution in [1.82, 2.24) is 20.1 Å². The van der Waals surface area contributed by atoms with Gasteiger partial charge in [-0.1, -0.05) is 30.3 Å². The third-order valence-electron chi connectivity index (χ3n) is 4.84. The summed E-state index contributed by atoms with van der Waals surface area (Å²) < 4.78 is 0. The second kappa shape index (κ2) is 9.24. The Morgan fingerprint density at radius 2 is 2.00 bits per heavy atom. The Labute approximate surface area is 179 Å². The van der Waals surface area contributed by atoms with Gasteiger partial charge in [-0.2, -0.15) is 0 Å². The Morgan fingerprint density at radius 1 is 1.29 bits per heavy atom. The van der Waals surface area contributed by atoms with E-state index in [0.717, 1.165) is 5.56 Å². The van der Waals surface area contributed by atoms with Crippen molar-refractivity contribution in [2.24, 2.45) is 0 Å². The van der Waals surface area contributed by atoms with Gasteiger partial charge in [0.15, 0.2) is 0 Å². The zero-order valence-corrected chi connectivity index (χ0v) is 17.4. The summed E-state index contributed by atoms with van der Waals surface area (Å²) in [5, 5.41) is 13.6. The van der Waals surface area contributed by atoms with E-state index in [2.05, 4.69) is 15.6 Å². The van der Waals surface area contributed by atoms with Gasteiger partial charge in [0.1, 0.15) is 18.1 Å². The van der Waals surface area contributed by atoms with Crippen LogP contribution in [0.2, 0.25) is 0 Å². The van der Waals surface area contributed by atoms with Gasteiger partial charge in [0, 0.05) is 36.6 Å². The summed E-state index contributed by atoms with van der Waals surface area (Å²) >= 11 is 0. The first kappa shape index (κ1) is 21.8. The van der Waals surface area contributed by atoms with Gasteiger partial charge in [0.2, 0.25) is 5.91 Å². The number of nitrogens with two attached hydrogens (primary N) is 1. The Hall–Kier alpha value is -3.95. The van der Waals surface area contributed by atoms with Crippen LogP contribution in [0.5, 0.6) is 0 Å². The summed E-state index contributed by atoms with van der Waals surface area (Å²) in [7, 11) is 1.58. The van der Waals surface area contributed by atoms with Crippen molar-refractivity contribution < 1.29 is 14.4 Å². The number of urea groups is 1. The molecule has 10 nitrogen and oxygen atoms in total. The maximum absolute atomic E-state index is 12.5. The molecule has 162 valence electrons. The first-order valence-corrected chi connectivity index (χ1v) is 9.73. The van der Waals surface area contributed by atoms with Gasteiger partial charge in [-0.15, -0.1) is 0 Å². The molecule has 1 aliphatic heterocycles. The van der Waals surface area contributed by atoms with Crippen molar-refractivity contribution in [3.05, 3.63) is 53.7 Å². The number of nitrogens with one attached hydrogen (secondary N) is 3. The molecule has 2 aromatic rings. The van der Waals surface area contributed by atoms with E-state index in [1.54, 1.807) is 7.05 Å². The summed E-state index contributed by atoms with van der Waals surface area (Å²) in [5.41, 5.74) is 7.00. The molecule has 4 amide bonds. The van der Waals surface area contributed by atoms with Gasteiger partial charge in [0.25, 0.3) is 5.91 Å². The maximum atomic E-state index is 12.5. The third-order valence-corrected chi connectivity index (χ3v) is 4.84. The number of aromatic nitrogens is 1. The minimum Gasteiger partial charge on any atom is -0.398 e. The predicted molar refractivity (Wildman–Crippen MR) is 117 cm³/mol. The Kier molecular flexibility index (Phi) is 6.49. The lowest BCUT2D eigenvalue weighted by Crippen LogP contribution is -2.37. The molecule has 1 aliphatic rings. The number of rotatable bonds is 6. The minimum absolute atomic E-state index is 0.0774. The van der Waals surface area contributed by atoms with Crippen molar-refractivity contribution in [2.75, 3.05) is 31.3 Å². The van der Waals surface area contributed by atoms with Gasteiger partial charge in [-0.25, -0.2) is 9.78 Å². The highest BCUT2D eigenvalue weighted by atomic mass is 16.2. The molecule has 1 aromatic heterocycles. The monoisotopic (exact) mass is 423 g/mol. The number of nitrogens with zero attached hydrogens (tertiary/aromatic N) is 3. The minimum atomic E-state index is -0.612. The molecule has 2 heterocycles. The molecule has 0 spiro atoms. The third kappa shape index (κ3) is 5.35. The van der Waals surface area contributed by atoms with E-state index in [0.29, 0.717) is 6.42 Å². The molecule has 5 N–H and O–H groups in total. The van der Waals surface area contributed by atoms with Crippen LogP contribution in [0.25, 0.3) is 0 Å². The number of likely N-dealkylation sites (N-methyl/N-ethyl adjacent to an activating group) is 1. The van der Waals surface area contributed by atoms with Gasteiger partial charge in [-0.3, -0.25) is 20.3 Å². The standard InChI is InChI=1S/C21H25N7O3/c1-13(8-14-6-4-3-5-7-14)25-21(31)26-17-9-16(22)15(10-24-17)19(23)20(30)28-11-18(29)27(2)12-28/h3-7,9-10,13,23H,8,11-12H2,1-2H3,(H4,22,24,25,26,31)/t13-/m1/s1. The number of hydrogen-bond donors (Lipinski definition) is 4. The molecular weight excluding hydrogens is 398 g/mol. The smallest absolute Gasteiger partial charge is 0.320 e. The van der Waals surface area contributed by atoms with Crippen LogP contribution >= 0.6 is 0 Å². The number of carbonyl (C=O) groups is 3. The number of amides is 4. The van der Waals surface area contributed by atoms with Crippen LogP contribution in [-0.4, -0.2) is 64.6 Å². The highest BCUT2D eigenvalue weighted by molar-refractivity contribution is 6.45. The molecule has 0 aliphatic carbocycles. The fourth-order valence-electron chi connectivity index (χ4n) is 3.22. The molecule has 1 saturated heterocycles. The van der Waals surface area contributed by atoms with Crippen LogP contribution in [0.3, 0.4) is 0 Å². The quantitative estimate of drug-likeness (QED) is 0.513. The van der Waals surface area contributed by atoms with Crippen molar-refractivity contribution in [2.45, 2.75) is 19.4 Å². The van der Waals surface area contributed by atoms with Gasteiger partial charge >= 0.3 is 6.03 Å². The van der Waals surface area contributed by atoms with Crippen LogP contribution in [0.15, 0.2) is 42.6 Å². The Bertz CT molecular complexity index is 1010. The summed E-state index contributed by atoms with van der Waals surface area (Å²) in [6, 6.07) is 10.6. The first-order chi connectivity index (χ1) is 14.7. The molecular formula is C21H25N7O3. The number of anilines is 2. The van der Waals surface area contributed by atoms with Gasteiger partial charge < -0.3 is 20.9 Å². The molecule has 1 aromatic carbocycles. The normalized spacial score (nSPS) is 14.3. The largest absolute Gasteiger partial charge is 0.398 e. The topological polar surface area (TPSA) is 145 Å². The summed E-state index contributed by atoms with van der Waals surface area (Å²) in [6.07, 6.45) is 1.94. The fourth-order valence-corrected chi connectivity index (χ4v) is 3.22. The van der Waals surface area contributed by atoms with E-state index < -0.39 is 11.9 Å². The second-order valence-corrected chi connectivity index (χ2v) is 7.46. The molecule has 0 radical (unpaired) electrons. The molecule has 3 rings (SSSR count). The first-order valence-electron chi connectivity index (χ1n) is 9.73. The maximum Gasteiger partial charge on any atom is 0.320 e. The van der Waals surface area contributed by atoms with Crippen LogP contribution in [0.4, 0.5) is 16.3 Å². The number of pyridine rings is 1. The molecule has 0 bridgehead atoms. The number of hydrogen-bond acceptors (Lipinski definition) is 6. The Balaban J connectivity index is 1.58. The lowest BCUT2D eigenvalue weighted by atomic mass is 10.1. The number of carbonyl (C=O) groups excluding carboxylic acids is 3. The Morgan fingerprint density at radius 3 is 2.61 bits per heavy atom. The van der Waals surface area contributed by atoms with E-state index >= 15 is 0 Å².